The van der Waals surface area contributed by atoms with Gasteiger partial charge in [-0.25, -0.2) is 9.80 Å². The van der Waals surface area contributed by atoms with Crippen molar-refractivity contribution in [2.24, 2.45) is 5.73 Å². The van der Waals surface area contributed by atoms with Crippen LogP contribution < -0.4 is 16.2 Å². The molecule has 2 aromatic rings. The molecule has 0 aliphatic rings. The van der Waals surface area contributed by atoms with Crippen molar-refractivity contribution in [3.63, 3.8) is 0 Å². The van der Waals surface area contributed by atoms with Gasteiger partial charge in [-0.1, -0.05) is 36.4 Å². The first-order valence-electron chi connectivity index (χ1n) is 5.23. The first kappa shape index (κ1) is 11.0. The molecular formula is C13H13N3O. The van der Waals surface area contributed by atoms with E-state index in [9.17, 15) is 4.79 Å². The van der Waals surface area contributed by atoms with Crippen molar-refractivity contribution < 1.29 is 4.79 Å². The Bertz CT molecular complexity index is 485. The molecule has 0 aromatic heterocycles. The Kier molecular flexibility index (Phi) is 3.25. The molecule has 0 aliphatic carbocycles. The lowest BCUT2D eigenvalue weighted by atomic mass is 10.3. The molecule has 0 saturated heterocycles. The van der Waals surface area contributed by atoms with Crippen molar-refractivity contribution in [2.75, 3.05) is 10.4 Å². The van der Waals surface area contributed by atoms with Gasteiger partial charge in [0, 0.05) is 0 Å². The molecule has 0 heterocycles. The molecule has 0 atom stereocenters. The Balaban J connectivity index is 2.23. The summed E-state index contributed by atoms with van der Waals surface area (Å²) in [6.07, 6.45) is 0. The van der Waals surface area contributed by atoms with Gasteiger partial charge in [0.15, 0.2) is 0 Å². The van der Waals surface area contributed by atoms with Crippen molar-refractivity contribution in [1.29, 1.82) is 0 Å². The zero-order valence-corrected chi connectivity index (χ0v) is 9.21. The summed E-state index contributed by atoms with van der Waals surface area (Å²) in [7, 11) is 0. The maximum atomic E-state index is 11.4. The van der Waals surface area contributed by atoms with Gasteiger partial charge in [-0.3, -0.25) is 5.43 Å². The number of benzene rings is 2. The van der Waals surface area contributed by atoms with Gasteiger partial charge in [-0.15, -0.1) is 0 Å². The van der Waals surface area contributed by atoms with Crippen molar-refractivity contribution in [3.05, 3.63) is 60.7 Å². The second-order valence-corrected chi connectivity index (χ2v) is 3.49. The molecule has 3 N–H and O–H groups in total. The summed E-state index contributed by atoms with van der Waals surface area (Å²) in [5, 5.41) is 1.30. The van der Waals surface area contributed by atoms with Crippen molar-refractivity contribution in [2.45, 2.75) is 0 Å². The molecule has 2 amide bonds. The number of nitrogens with two attached hydrogens (primary N) is 1. The Labute approximate surface area is 99.6 Å². The number of hydrazine groups is 1. The maximum Gasteiger partial charge on any atom is 0.338 e. The average Bonchev–Trinajstić information content (AvgIpc) is 2.38. The smallest absolute Gasteiger partial charge is 0.338 e. The lowest BCUT2D eigenvalue weighted by molar-refractivity contribution is 0.255. The molecule has 4 nitrogen and oxygen atoms in total. The number of hydrogen-bond donors (Lipinski definition) is 2. The Hall–Kier alpha value is -2.49. The van der Waals surface area contributed by atoms with Crippen LogP contribution in [0.3, 0.4) is 0 Å². The van der Waals surface area contributed by atoms with Gasteiger partial charge in [0.05, 0.1) is 11.4 Å². The van der Waals surface area contributed by atoms with Gasteiger partial charge in [-0.05, 0) is 24.3 Å². The fraction of sp³-hybridized carbons (Fsp3) is 0. The molecule has 2 aromatic carbocycles. The van der Waals surface area contributed by atoms with Gasteiger partial charge in [0.1, 0.15) is 0 Å². The largest absolute Gasteiger partial charge is 0.350 e. The highest BCUT2D eigenvalue weighted by atomic mass is 16.2. The van der Waals surface area contributed by atoms with Gasteiger partial charge in [-0.2, -0.15) is 0 Å². The van der Waals surface area contributed by atoms with Gasteiger partial charge < -0.3 is 5.73 Å². The molecule has 0 aliphatic heterocycles. The Morgan fingerprint density at radius 3 is 2.00 bits per heavy atom. The van der Waals surface area contributed by atoms with E-state index in [0.29, 0.717) is 5.69 Å². The summed E-state index contributed by atoms with van der Waals surface area (Å²) in [5.41, 5.74) is 9.79. The lowest BCUT2D eigenvalue weighted by Crippen LogP contribution is -2.40. The zero-order chi connectivity index (χ0) is 12.1. The van der Waals surface area contributed by atoms with Crippen molar-refractivity contribution in [3.8, 4) is 0 Å². The number of amides is 2. The minimum Gasteiger partial charge on any atom is -0.350 e. The number of carbonyl (C=O) groups excluding carboxylic acids is 1. The molecule has 0 spiro atoms. The van der Waals surface area contributed by atoms with Gasteiger partial charge in [0.25, 0.3) is 0 Å². The number of nitrogens with one attached hydrogen (secondary N) is 1. The second-order valence-electron chi connectivity index (χ2n) is 3.49. The number of nitrogens with zero attached hydrogens (tertiary/aromatic N) is 1. The average molecular weight is 227 g/mol. The highest BCUT2D eigenvalue weighted by Crippen LogP contribution is 2.15. The quantitative estimate of drug-likeness (QED) is 0.792. The van der Waals surface area contributed by atoms with E-state index in [1.165, 1.54) is 5.01 Å². The molecule has 2 rings (SSSR count). The molecule has 0 saturated carbocycles. The van der Waals surface area contributed by atoms with Crippen LogP contribution in [0.1, 0.15) is 0 Å². The molecule has 17 heavy (non-hydrogen) atoms. The highest BCUT2D eigenvalue weighted by Gasteiger charge is 2.11. The van der Waals surface area contributed by atoms with Crippen LogP contribution in [0, 0.1) is 0 Å². The fourth-order valence-corrected chi connectivity index (χ4v) is 1.47. The first-order chi connectivity index (χ1) is 8.27. The monoisotopic (exact) mass is 227 g/mol. The van der Waals surface area contributed by atoms with Crippen LogP contribution in [0.4, 0.5) is 16.2 Å². The van der Waals surface area contributed by atoms with Crippen LogP contribution in [0.2, 0.25) is 0 Å². The second kappa shape index (κ2) is 5.03. The maximum absolute atomic E-state index is 11.4. The zero-order valence-electron chi connectivity index (χ0n) is 9.21. The topological polar surface area (TPSA) is 58.4 Å². The summed E-state index contributed by atoms with van der Waals surface area (Å²) in [6.45, 7) is 0. The summed E-state index contributed by atoms with van der Waals surface area (Å²) in [4.78, 5) is 11.4. The lowest BCUT2D eigenvalue weighted by Gasteiger charge is -2.22. The summed E-state index contributed by atoms with van der Waals surface area (Å²) in [6, 6.07) is 18.0. The number of carbonyl (C=O) groups is 1. The van der Waals surface area contributed by atoms with Crippen LogP contribution in [0.25, 0.3) is 0 Å². The molecule has 0 radical (unpaired) electrons. The van der Waals surface area contributed by atoms with Crippen LogP contribution in [-0.2, 0) is 0 Å². The van der Waals surface area contributed by atoms with E-state index < -0.39 is 6.03 Å². The predicted molar refractivity (Wildman–Crippen MR) is 68.6 cm³/mol. The SMILES string of the molecule is NC(=O)N(Nc1ccccc1)c1ccccc1. The number of urea groups is 1. The van der Waals surface area contributed by atoms with E-state index in [1.54, 1.807) is 12.1 Å². The summed E-state index contributed by atoms with van der Waals surface area (Å²) in [5.74, 6) is 0. The fourth-order valence-electron chi connectivity index (χ4n) is 1.47. The summed E-state index contributed by atoms with van der Waals surface area (Å²) >= 11 is 0. The number of anilines is 2. The van der Waals surface area contributed by atoms with Crippen LogP contribution >= 0.6 is 0 Å². The molecule has 0 unspecified atom stereocenters. The molecule has 4 heteroatoms. The van der Waals surface area contributed by atoms with Gasteiger partial charge in [0.2, 0.25) is 0 Å². The minimum atomic E-state index is -0.556. The van der Waals surface area contributed by atoms with Crippen LogP contribution in [0.5, 0.6) is 0 Å². The van der Waals surface area contributed by atoms with E-state index in [1.807, 2.05) is 48.5 Å². The van der Waals surface area contributed by atoms with E-state index >= 15 is 0 Å². The third-order valence-corrected chi connectivity index (χ3v) is 2.25. The number of para-hydroxylation sites is 2. The van der Waals surface area contributed by atoms with E-state index in [-0.39, 0.29) is 0 Å². The highest BCUT2D eigenvalue weighted by molar-refractivity contribution is 5.92. The molecule has 0 fully saturated rings. The third kappa shape index (κ3) is 2.75. The molecule has 0 bridgehead atoms. The molecule has 86 valence electrons. The number of rotatable bonds is 3. The minimum absolute atomic E-state index is 0.556. The summed E-state index contributed by atoms with van der Waals surface area (Å²) < 4.78 is 0. The van der Waals surface area contributed by atoms with E-state index in [2.05, 4.69) is 5.43 Å². The molecular weight excluding hydrogens is 214 g/mol. The van der Waals surface area contributed by atoms with Crippen LogP contribution in [-0.4, -0.2) is 6.03 Å². The normalized spacial score (nSPS) is 9.65. The van der Waals surface area contributed by atoms with Crippen LogP contribution in [0.15, 0.2) is 60.7 Å². The van der Waals surface area contributed by atoms with E-state index in [0.717, 1.165) is 5.69 Å². The Morgan fingerprint density at radius 1 is 0.941 bits per heavy atom. The van der Waals surface area contributed by atoms with Gasteiger partial charge >= 0.3 is 6.03 Å². The van der Waals surface area contributed by atoms with E-state index in [4.69, 9.17) is 5.73 Å². The predicted octanol–water partition coefficient (Wildman–Crippen LogP) is 2.60. The Morgan fingerprint density at radius 2 is 1.47 bits per heavy atom. The van der Waals surface area contributed by atoms with Crippen molar-refractivity contribution in [1.82, 2.24) is 0 Å². The number of hydrogen-bond acceptors (Lipinski definition) is 2. The van der Waals surface area contributed by atoms with Crippen molar-refractivity contribution >= 4 is 17.4 Å². The number of primary amides is 1. The first-order valence-corrected chi connectivity index (χ1v) is 5.23. The standard InChI is InChI=1S/C13H13N3O/c14-13(17)16(12-9-5-2-6-10-12)15-11-7-3-1-4-8-11/h1-10,15H,(H2,14,17). The third-order valence-electron chi connectivity index (χ3n) is 2.25.